The second-order valence-corrected chi connectivity index (χ2v) is 9.12. The average molecular weight is 489 g/mol. The summed E-state index contributed by atoms with van der Waals surface area (Å²) >= 11 is 7.26. The Hall–Kier alpha value is -3.35. The van der Waals surface area contributed by atoms with E-state index in [1.165, 1.54) is 22.6 Å². The van der Waals surface area contributed by atoms with Gasteiger partial charge in [-0.2, -0.15) is 0 Å². The molecule has 0 aliphatic carbocycles. The third-order valence-electron chi connectivity index (χ3n) is 5.06. The van der Waals surface area contributed by atoms with Crippen LogP contribution >= 0.6 is 24.0 Å². The van der Waals surface area contributed by atoms with Crippen LogP contribution in [0.15, 0.2) is 108 Å². The minimum absolute atomic E-state index is 0.247. The molecule has 4 aromatic rings. The highest BCUT2D eigenvalue weighted by molar-refractivity contribution is 7.98. The molecule has 0 atom stereocenters. The Morgan fingerprint density at radius 1 is 0.765 bits per heavy atom. The van der Waals surface area contributed by atoms with Crippen LogP contribution in [0.5, 0.6) is 5.75 Å². The average Bonchev–Trinajstić information content (AvgIpc) is 2.88. The van der Waals surface area contributed by atoms with E-state index in [1.54, 1.807) is 12.1 Å². The van der Waals surface area contributed by atoms with Gasteiger partial charge >= 0.3 is 0 Å². The van der Waals surface area contributed by atoms with Gasteiger partial charge in [-0.15, -0.1) is 11.8 Å². The van der Waals surface area contributed by atoms with Gasteiger partial charge in [0.2, 0.25) is 0 Å². The molecule has 0 radical (unpaired) electrons. The Morgan fingerprint density at radius 3 is 2.12 bits per heavy atom. The van der Waals surface area contributed by atoms with Gasteiger partial charge < -0.3 is 15.4 Å². The highest BCUT2D eigenvalue weighted by Gasteiger charge is 2.02. The van der Waals surface area contributed by atoms with E-state index < -0.39 is 0 Å². The van der Waals surface area contributed by atoms with Crippen molar-refractivity contribution in [2.24, 2.45) is 0 Å². The predicted molar refractivity (Wildman–Crippen MR) is 143 cm³/mol. The first kappa shape index (κ1) is 23.8. The summed E-state index contributed by atoms with van der Waals surface area (Å²) < 4.78 is 18.7. The number of rotatable bonds is 9. The summed E-state index contributed by atoms with van der Waals surface area (Å²) in [6, 6.07) is 32.9. The molecule has 6 heteroatoms. The summed E-state index contributed by atoms with van der Waals surface area (Å²) in [6.45, 7) is 1.01. The Kier molecular flexibility index (Phi) is 8.54. The van der Waals surface area contributed by atoms with Gasteiger partial charge in [0.25, 0.3) is 0 Å². The Labute approximate surface area is 209 Å². The molecule has 3 nitrogen and oxygen atoms in total. The highest BCUT2D eigenvalue weighted by atomic mass is 32.2. The van der Waals surface area contributed by atoms with Crippen molar-refractivity contribution in [2.45, 2.75) is 23.8 Å². The van der Waals surface area contributed by atoms with Crippen molar-refractivity contribution < 1.29 is 9.13 Å². The lowest BCUT2D eigenvalue weighted by molar-refractivity contribution is 0.306. The zero-order valence-corrected chi connectivity index (χ0v) is 20.2. The van der Waals surface area contributed by atoms with Crippen LogP contribution in [0.3, 0.4) is 0 Å². The molecule has 4 rings (SSSR count). The van der Waals surface area contributed by atoms with Crippen molar-refractivity contribution in [3.05, 3.63) is 126 Å². The summed E-state index contributed by atoms with van der Waals surface area (Å²) in [5.74, 6) is 1.44. The first-order valence-electron chi connectivity index (χ1n) is 10.9. The van der Waals surface area contributed by atoms with Crippen LogP contribution in [0.4, 0.5) is 10.1 Å². The van der Waals surface area contributed by atoms with E-state index in [9.17, 15) is 4.39 Å². The van der Waals surface area contributed by atoms with Gasteiger partial charge in [0.15, 0.2) is 5.11 Å². The van der Waals surface area contributed by atoms with Crippen LogP contribution in [0.25, 0.3) is 0 Å². The Balaban J connectivity index is 1.18. The molecule has 0 aliphatic rings. The largest absolute Gasteiger partial charge is 0.489 e. The zero-order chi connectivity index (χ0) is 23.6. The Morgan fingerprint density at radius 2 is 1.41 bits per heavy atom. The minimum Gasteiger partial charge on any atom is -0.489 e. The molecule has 34 heavy (non-hydrogen) atoms. The van der Waals surface area contributed by atoms with Gasteiger partial charge in [-0.05, 0) is 77.4 Å². The van der Waals surface area contributed by atoms with Crippen molar-refractivity contribution in [1.29, 1.82) is 0 Å². The van der Waals surface area contributed by atoms with Crippen LogP contribution in [-0.2, 0) is 18.9 Å². The second kappa shape index (κ2) is 12.2. The standard InChI is InChI=1S/C28H25FN2OS2/c29-24-12-6-22(7-13-24)19-32-26-16-10-21(11-17-26)18-30-28(33)31-25-14-8-23(9-15-25)20-34-27-4-2-1-3-5-27/h1-17H,18-20H2,(H2,30,31,33). The molecule has 2 N–H and O–H groups in total. The zero-order valence-electron chi connectivity index (χ0n) is 18.5. The lowest BCUT2D eigenvalue weighted by Crippen LogP contribution is -2.27. The molecule has 0 saturated heterocycles. The van der Waals surface area contributed by atoms with Crippen LogP contribution in [-0.4, -0.2) is 5.11 Å². The minimum atomic E-state index is -0.247. The van der Waals surface area contributed by atoms with Crippen molar-refractivity contribution in [3.8, 4) is 5.75 Å². The molecule has 0 aliphatic heterocycles. The molecule has 4 aromatic carbocycles. The molecular weight excluding hydrogens is 463 g/mol. The van der Waals surface area contributed by atoms with E-state index in [2.05, 4.69) is 47.0 Å². The van der Waals surface area contributed by atoms with Crippen molar-refractivity contribution in [2.75, 3.05) is 5.32 Å². The topological polar surface area (TPSA) is 33.3 Å². The van der Waals surface area contributed by atoms with E-state index in [0.29, 0.717) is 18.3 Å². The molecule has 0 fully saturated rings. The number of hydrogen-bond acceptors (Lipinski definition) is 3. The van der Waals surface area contributed by atoms with Crippen LogP contribution in [0, 0.1) is 5.82 Å². The third kappa shape index (κ3) is 7.61. The van der Waals surface area contributed by atoms with E-state index in [4.69, 9.17) is 17.0 Å². The Bertz CT molecular complexity index is 1180. The molecule has 0 spiro atoms. The van der Waals surface area contributed by atoms with E-state index >= 15 is 0 Å². The van der Waals surface area contributed by atoms with E-state index in [0.717, 1.165) is 28.3 Å². The number of nitrogens with one attached hydrogen (secondary N) is 2. The molecule has 0 bridgehead atoms. The van der Waals surface area contributed by atoms with Crippen molar-refractivity contribution >= 4 is 34.8 Å². The number of thiocarbonyl (C=S) groups is 1. The van der Waals surface area contributed by atoms with Crippen molar-refractivity contribution in [1.82, 2.24) is 5.32 Å². The predicted octanol–water partition coefficient (Wildman–Crippen LogP) is 7.18. The quantitative estimate of drug-likeness (QED) is 0.193. The highest BCUT2D eigenvalue weighted by Crippen LogP contribution is 2.23. The first-order valence-corrected chi connectivity index (χ1v) is 12.3. The fourth-order valence-electron chi connectivity index (χ4n) is 3.18. The van der Waals surface area contributed by atoms with Crippen LogP contribution in [0.2, 0.25) is 0 Å². The maximum atomic E-state index is 13.0. The van der Waals surface area contributed by atoms with Crippen LogP contribution < -0.4 is 15.4 Å². The molecule has 0 saturated carbocycles. The smallest absolute Gasteiger partial charge is 0.171 e. The van der Waals surface area contributed by atoms with Gasteiger partial charge in [0.1, 0.15) is 18.2 Å². The van der Waals surface area contributed by atoms with E-state index in [1.807, 2.05) is 54.2 Å². The summed E-state index contributed by atoms with van der Waals surface area (Å²) in [4.78, 5) is 1.27. The maximum absolute atomic E-state index is 13.0. The van der Waals surface area contributed by atoms with Crippen molar-refractivity contribution in [3.63, 3.8) is 0 Å². The van der Waals surface area contributed by atoms with Gasteiger partial charge in [-0.25, -0.2) is 4.39 Å². The van der Waals surface area contributed by atoms with Gasteiger partial charge in [-0.3, -0.25) is 0 Å². The number of halogens is 1. The number of anilines is 1. The summed E-state index contributed by atoms with van der Waals surface area (Å²) in [5.41, 5.74) is 4.23. The van der Waals surface area contributed by atoms with Gasteiger partial charge in [-0.1, -0.05) is 54.6 Å². The molecule has 0 unspecified atom stereocenters. The maximum Gasteiger partial charge on any atom is 0.171 e. The summed E-state index contributed by atoms with van der Waals surface area (Å²) in [5, 5.41) is 7.03. The number of hydrogen-bond donors (Lipinski definition) is 2. The molecule has 0 amide bonds. The lowest BCUT2D eigenvalue weighted by Gasteiger charge is -2.12. The number of thioether (sulfide) groups is 1. The molecule has 0 heterocycles. The first-order chi connectivity index (χ1) is 16.6. The van der Waals surface area contributed by atoms with Gasteiger partial charge in [0, 0.05) is 22.9 Å². The fraction of sp³-hybridized carbons (Fsp3) is 0.107. The summed E-state index contributed by atoms with van der Waals surface area (Å²) in [6.07, 6.45) is 0. The third-order valence-corrected chi connectivity index (χ3v) is 6.39. The monoisotopic (exact) mass is 488 g/mol. The molecule has 0 aromatic heterocycles. The second-order valence-electron chi connectivity index (χ2n) is 7.67. The van der Waals surface area contributed by atoms with Crippen LogP contribution in [0.1, 0.15) is 16.7 Å². The lowest BCUT2D eigenvalue weighted by atomic mass is 10.2. The molecular formula is C28H25FN2OS2. The molecule has 172 valence electrons. The number of ether oxygens (including phenoxy) is 1. The van der Waals surface area contributed by atoms with E-state index in [-0.39, 0.29) is 5.82 Å². The number of benzene rings is 4. The fourth-order valence-corrected chi connectivity index (χ4v) is 4.24. The summed E-state index contributed by atoms with van der Waals surface area (Å²) in [7, 11) is 0. The normalized spacial score (nSPS) is 10.5. The SMILES string of the molecule is Fc1ccc(COc2ccc(CNC(=S)Nc3ccc(CSc4ccccc4)cc3)cc2)cc1. The van der Waals surface area contributed by atoms with Gasteiger partial charge in [0.05, 0.1) is 0 Å².